The Hall–Kier alpha value is -2.86. The Bertz CT molecular complexity index is 1090. The molecule has 0 radical (unpaired) electrons. The summed E-state index contributed by atoms with van der Waals surface area (Å²) in [6.07, 6.45) is 3.13. The number of benzene rings is 3. The zero-order chi connectivity index (χ0) is 24.3. The van der Waals surface area contributed by atoms with Gasteiger partial charge in [-0.1, -0.05) is 80.9 Å². The summed E-state index contributed by atoms with van der Waals surface area (Å²) in [4.78, 5) is 28.0. The van der Waals surface area contributed by atoms with E-state index in [0.29, 0.717) is 31.7 Å². The highest BCUT2D eigenvalue weighted by molar-refractivity contribution is 9.10. The summed E-state index contributed by atoms with van der Waals surface area (Å²) in [7, 11) is 0. The summed E-state index contributed by atoms with van der Waals surface area (Å²) in [5, 5.41) is 5.10. The van der Waals surface area contributed by atoms with Gasteiger partial charge in [-0.2, -0.15) is 0 Å². The summed E-state index contributed by atoms with van der Waals surface area (Å²) in [5.41, 5.74) is 1.12. The first-order valence-electron chi connectivity index (χ1n) is 12.0. The number of fused-ring (bicyclic) bond motifs is 1. The van der Waals surface area contributed by atoms with Gasteiger partial charge < -0.3 is 15.0 Å². The molecule has 0 aliphatic carbocycles. The van der Waals surface area contributed by atoms with Crippen molar-refractivity contribution in [1.29, 1.82) is 0 Å². The Morgan fingerprint density at radius 1 is 1.00 bits per heavy atom. The summed E-state index contributed by atoms with van der Waals surface area (Å²) < 4.78 is 6.76. The molecule has 0 aromatic heterocycles. The smallest absolute Gasteiger partial charge is 0.261 e. The largest absolute Gasteiger partial charge is 0.483 e. The monoisotopic (exact) mass is 524 g/mol. The first kappa shape index (κ1) is 25.8. The van der Waals surface area contributed by atoms with Crippen LogP contribution in [-0.4, -0.2) is 42.5 Å². The molecule has 1 N–H and O–H groups in total. The molecule has 0 aliphatic rings. The molecule has 0 heterocycles. The molecule has 1 unspecified atom stereocenters. The number of carbonyl (C=O) groups excluding carboxylic acids is 2. The lowest BCUT2D eigenvalue weighted by Gasteiger charge is -2.30. The van der Waals surface area contributed by atoms with Crippen LogP contribution in [0.25, 0.3) is 10.8 Å². The van der Waals surface area contributed by atoms with Crippen LogP contribution in [-0.2, 0) is 16.0 Å². The number of halogens is 1. The molecule has 0 saturated carbocycles. The van der Waals surface area contributed by atoms with E-state index in [1.807, 2.05) is 73.7 Å². The number of carbonyl (C=O) groups is 2. The number of unbranched alkanes of at least 4 members (excludes halogenated alkanes) is 1. The number of rotatable bonds is 12. The molecular weight excluding hydrogens is 492 g/mol. The molecule has 0 aliphatic heterocycles. The zero-order valence-corrected chi connectivity index (χ0v) is 21.5. The molecule has 3 rings (SSSR count). The van der Waals surface area contributed by atoms with E-state index < -0.39 is 6.04 Å². The second-order valence-electron chi connectivity index (χ2n) is 8.28. The lowest BCUT2D eigenvalue weighted by molar-refractivity contribution is -0.142. The summed E-state index contributed by atoms with van der Waals surface area (Å²) in [6.45, 7) is 4.96. The molecule has 0 spiro atoms. The van der Waals surface area contributed by atoms with Crippen molar-refractivity contribution in [3.63, 3.8) is 0 Å². The number of ether oxygens (including phenoxy) is 1. The van der Waals surface area contributed by atoms with Gasteiger partial charge in [-0.15, -0.1) is 0 Å². The van der Waals surface area contributed by atoms with E-state index in [2.05, 4.69) is 28.2 Å². The summed E-state index contributed by atoms with van der Waals surface area (Å²) in [6, 6.07) is 21.3. The van der Waals surface area contributed by atoms with Crippen LogP contribution < -0.4 is 10.1 Å². The minimum Gasteiger partial charge on any atom is -0.483 e. The molecule has 0 fully saturated rings. The van der Waals surface area contributed by atoms with Gasteiger partial charge in [0.25, 0.3) is 5.91 Å². The number of amides is 2. The van der Waals surface area contributed by atoms with E-state index in [4.69, 9.17) is 4.74 Å². The van der Waals surface area contributed by atoms with Crippen LogP contribution in [0.4, 0.5) is 0 Å². The lowest BCUT2D eigenvalue weighted by Crippen LogP contribution is -2.51. The quantitative estimate of drug-likeness (QED) is 0.307. The molecule has 34 heavy (non-hydrogen) atoms. The maximum Gasteiger partial charge on any atom is 0.261 e. The minimum atomic E-state index is -0.531. The topological polar surface area (TPSA) is 58.6 Å². The predicted octanol–water partition coefficient (Wildman–Crippen LogP) is 5.75. The number of hydrogen-bond acceptors (Lipinski definition) is 3. The molecule has 3 aromatic carbocycles. The predicted molar refractivity (Wildman–Crippen MR) is 141 cm³/mol. The third kappa shape index (κ3) is 6.83. The fourth-order valence-electron chi connectivity index (χ4n) is 3.95. The maximum absolute atomic E-state index is 13.4. The fourth-order valence-corrected chi connectivity index (χ4v) is 4.56. The van der Waals surface area contributed by atoms with E-state index in [0.717, 1.165) is 33.7 Å². The highest BCUT2D eigenvalue weighted by Gasteiger charge is 2.28. The van der Waals surface area contributed by atoms with Crippen molar-refractivity contribution in [3.05, 3.63) is 76.8 Å². The van der Waals surface area contributed by atoms with Gasteiger partial charge in [0.15, 0.2) is 6.61 Å². The molecule has 2 amide bonds. The van der Waals surface area contributed by atoms with E-state index in [-0.39, 0.29) is 18.4 Å². The SMILES string of the molecule is CCCCNC(=O)C(CC)N(CCc1ccccc1)C(=O)COc1ccc2ccccc2c1Br. The molecule has 0 bridgehead atoms. The molecule has 180 valence electrons. The van der Waals surface area contributed by atoms with E-state index in [9.17, 15) is 9.59 Å². The Balaban J connectivity index is 1.74. The molecule has 3 aromatic rings. The van der Waals surface area contributed by atoms with Crippen LogP contribution >= 0.6 is 15.9 Å². The zero-order valence-electron chi connectivity index (χ0n) is 19.9. The molecule has 1 atom stereocenters. The van der Waals surface area contributed by atoms with Gasteiger partial charge in [0.2, 0.25) is 5.91 Å². The fraction of sp³-hybridized carbons (Fsp3) is 0.357. The number of hydrogen-bond donors (Lipinski definition) is 1. The summed E-state index contributed by atoms with van der Waals surface area (Å²) in [5.74, 6) is 0.299. The van der Waals surface area contributed by atoms with Gasteiger partial charge >= 0.3 is 0 Å². The highest BCUT2D eigenvalue weighted by atomic mass is 79.9. The minimum absolute atomic E-state index is 0.107. The van der Waals surface area contributed by atoms with Gasteiger partial charge in [0.1, 0.15) is 11.8 Å². The van der Waals surface area contributed by atoms with Crippen molar-refractivity contribution < 1.29 is 14.3 Å². The van der Waals surface area contributed by atoms with E-state index in [1.54, 1.807) is 4.90 Å². The second-order valence-corrected chi connectivity index (χ2v) is 9.07. The normalized spacial score (nSPS) is 11.7. The third-order valence-electron chi connectivity index (χ3n) is 5.88. The Morgan fingerprint density at radius 3 is 2.47 bits per heavy atom. The second kappa shape index (κ2) is 13.1. The average molecular weight is 525 g/mol. The standard InChI is InChI=1S/C28H33BrN2O3/c1-3-5-18-30-28(33)24(4-2)31(19-17-21-11-7-6-8-12-21)26(32)20-34-25-16-15-22-13-9-10-14-23(22)27(25)29/h6-16,24H,3-5,17-20H2,1-2H3,(H,30,33). The Kier molecular flexibility index (Phi) is 9.95. The highest BCUT2D eigenvalue weighted by Crippen LogP contribution is 2.33. The third-order valence-corrected chi connectivity index (χ3v) is 6.70. The van der Waals surface area contributed by atoms with Crippen LogP contribution in [0.5, 0.6) is 5.75 Å². The van der Waals surface area contributed by atoms with Gasteiger partial charge in [-0.05, 0) is 57.6 Å². The van der Waals surface area contributed by atoms with E-state index >= 15 is 0 Å². The van der Waals surface area contributed by atoms with E-state index in [1.165, 1.54) is 0 Å². The van der Waals surface area contributed by atoms with Gasteiger partial charge in [-0.25, -0.2) is 0 Å². The Labute approximate surface area is 210 Å². The van der Waals surface area contributed by atoms with Gasteiger partial charge in [0.05, 0.1) is 4.47 Å². The number of nitrogens with one attached hydrogen (secondary N) is 1. The maximum atomic E-state index is 13.4. The van der Waals surface area contributed by atoms with Crippen LogP contribution in [0.1, 0.15) is 38.7 Å². The lowest BCUT2D eigenvalue weighted by atomic mass is 10.1. The molecule has 0 saturated heterocycles. The van der Waals surface area contributed by atoms with Crippen molar-refractivity contribution in [1.82, 2.24) is 10.2 Å². The Morgan fingerprint density at radius 2 is 1.74 bits per heavy atom. The van der Waals surface area contributed by atoms with Crippen LogP contribution in [0.15, 0.2) is 71.2 Å². The van der Waals surface area contributed by atoms with Crippen molar-refractivity contribution in [2.45, 2.75) is 45.6 Å². The summed E-state index contributed by atoms with van der Waals surface area (Å²) >= 11 is 3.62. The molecular formula is C28H33BrN2O3. The van der Waals surface area contributed by atoms with Crippen molar-refractivity contribution >= 4 is 38.5 Å². The van der Waals surface area contributed by atoms with Gasteiger partial charge in [-0.3, -0.25) is 9.59 Å². The van der Waals surface area contributed by atoms with Crippen LogP contribution in [0.3, 0.4) is 0 Å². The first-order valence-corrected chi connectivity index (χ1v) is 12.8. The number of nitrogens with zero attached hydrogens (tertiary/aromatic N) is 1. The van der Waals surface area contributed by atoms with Crippen molar-refractivity contribution in [2.75, 3.05) is 19.7 Å². The first-order chi connectivity index (χ1) is 16.5. The van der Waals surface area contributed by atoms with Crippen molar-refractivity contribution in [3.8, 4) is 5.75 Å². The average Bonchev–Trinajstić information content (AvgIpc) is 2.86. The van der Waals surface area contributed by atoms with Crippen molar-refractivity contribution in [2.24, 2.45) is 0 Å². The van der Waals surface area contributed by atoms with Gasteiger partial charge in [0, 0.05) is 13.1 Å². The molecule has 6 heteroatoms. The van der Waals surface area contributed by atoms with Crippen LogP contribution in [0.2, 0.25) is 0 Å². The van der Waals surface area contributed by atoms with Crippen LogP contribution in [0, 0.1) is 0 Å². The molecule has 5 nitrogen and oxygen atoms in total.